The first-order valence-electron chi connectivity index (χ1n) is 6.18. The molecule has 0 spiro atoms. The second-order valence-electron chi connectivity index (χ2n) is 4.26. The molecular weight excluding hydrogens is 196 g/mol. The van der Waals surface area contributed by atoms with Gasteiger partial charge in [-0.05, 0) is 30.9 Å². The van der Waals surface area contributed by atoms with Crippen LogP contribution < -0.4 is 0 Å². The molecule has 1 aromatic carbocycles. The van der Waals surface area contributed by atoms with E-state index in [1.807, 2.05) is 31.2 Å². The molecule has 0 saturated carbocycles. The van der Waals surface area contributed by atoms with Crippen LogP contribution in [0.5, 0.6) is 0 Å². The van der Waals surface area contributed by atoms with Gasteiger partial charge in [0.1, 0.15) is 0 Å². The van der Waals surface area contributed by atoms with Crippen molar-refractivity contribution in [1.29, 1.82) is 0 Å². The van der Waals surface area contributed by atoms with E-state index >= 15 is 0 Å². The summed E-state index contributed by atoms with van der Waals surface area (Å²) in [5, 5.41) is 9.46. The lowest BCUT2D eigenvalue weighted by atomic mass is 9.98. The number of hydrogen-bond acceptors (Lipinski definition) is 1. The first-order chi connectivity index (χ1) is 7.74. The van der Waals surface area contributed by atoms with E-state index in [1.54, 1.807) is 0 Å². The summed E-state index contributed by atoms with van der Waals surface area (Å²) in [6.07, 6.45) is 6.34. The van der Waals surface area contributed by atoms with Crippen LogP contribution in [0.1, 0.15) is 45.1 Å². The third-order valence-corrected chi connectivity index (χ3v) is 2.64. The highest BCUT2D eigenvalue weighted by atomic mass is 16.3. The fourth-order valence-corrected chi connectivity index (χ4v) is 1.83. The Morgan fingerprint density at radius 2 is 1.94 bits per heavy atom. The van der Waals surface area contributed by atoms with E-state index in [9.17, 15) is 5.11 Å². The average Bonchev–Trinajstić information content (AvgIpc) is 2.29. The summed E-state index contributed by atoms with van der Waals surface area (Å²) in [6, 6.07) is 10.3. The number of benzene rings is 1. The maximum absolute atomic E-state index is 9.46. The zero-order chi connectivity index (χ0) is 11.8. The van der Waals surface area contributed by atoms with Crippen molar-refractivity contribution in [3.8, 4) is 0 Å². The normalized spacial score (nSPS) is 13.8. The van der Waals surface area contributed by atoms with Crippen molar-refractivity contribution in [3.05, 3.63) is 42.0 Å². The quantitative estimate of drug-likeness (QED) is 0.715. The number of rotatable bonds is 6. The largest absolute Gasteiger partial charge is 0.389 e. The van der Waals surface area contributed by atoms with Gasteiger partial charge in [0.2, 0.25) is 0 Å². The van der Waals surface area contributed by atoms with Crippen LogP contribution in [0.4, 0.5) is 0 Å². The summed E-state index contributed by atoms with van der Waals surface area (Å²) in [5.74, 6) is 0. The van der Waals surface area contributed by atoms with Gasteiger partial charge in [-0.15, -0.1) is 0 Å². The minimum Gasteiger partial charge on any atom is -0.389 e. The molecule has 0 saturated heterocycles. The van der Waals surface area contributed by atoms with Crippen LogP contribution in [0.25, 0.3) is 5.57 Å². The standard InChI is InChI=1S/C15H22O/c1-3-4-6-11-15(12-13(2)16)14-9-7-5-8-10-14/h5,7-10,12-13,16H,3-4,6,11H2,1-2H3/b15-12-. The maximum Gasteiger partial charge on any atom is 0.0698 e. The highest BCUT2D eigenvalue weighted by molar-refractivity contribution is 5.65. The molecule has 0 amide bonds. The molecule has 1 aromatic rings. The van der Waals surface area contributed by atoms with E-state index in [0.717, 1.165) is 6.42 Å². The minimum atomic E-state index is -0.364. The molecular formula is C15H22O. The van der Waals surface area contributed by atoms with Gasteiger partial charge in [0.25, 0.3) is 0 Å². The van der Waals surface area contributed by atoms with Crippen molar-refractivity contribution < 1.29 is 5.11 Å². The monoisotopic (exact) mass is 218 g/mol. The summed E-state index contributed by atoms with van der Waals surface area (Å²) in [7, 11) is 0. The maximum atomic E-state index is 9.46. The van der Waals surface area contributed by atoms with Crippen LogP contribution in [-0.2, 0) is 0 Å². The van der Waals surface area contributed by atoms with Crippen molar-refractivity contribution in [2.24, 2.45) is 0 Å². The minimum absolute atomic E-state index is 0.364. The molecule has 1 N–H and O–H groups in total. The van der Waals surface area contributed by atoms with Crippen LogP contribution in [0.2, 0.25) is 0 Å². The molecule has 0 heterocycles. The first kappa shape index (κ1) is 13.0. The molecule has 0 aliphatic carbocycles. The Morgan fingerprint density at radius 3 is 2.50 bits per heavy atom. The third kappa shape index (κ3) is 4.63. The van der Waals surface area contributed by atoms with Crippen molar-refractivity contribution in [3.63, 3.8) is 0 Å². The fourth-order valence-electron chi connectivity index (χ4n) is 1.83. The Balaban J connectivity index is 2.72. The van der Waals surface area contributed by atoms with Crippen LogP contribution in [0, 0.1) is 0 Å². The summed E-state index contributed by atoms with van der Waals surface area (Å²) in [6.45, 7) is 4.02. The highest BCUT2D eigenvalue weighted by Crippen LogP contribution is 2.21. The summed E-state index contributed by atoms with van der Waals surface area (Å²) >= 11 is 0. The molecule has 1 unspecified atom stereocenters. The molecule has 0 radical (unpaired) electrons. The number of aliphatic hydroxyl groups is 1. The summed E-state index contributed by atoms with van der Waals surface area (Å²) in [4.78, 5) is 0. The van der Waals surface area contributed by atoms with Crippen molar-refractivity contribution in [2.75, 3.05) is 0 Å². The van der Waals surface area contributed by atoms with Gasteiger partial charge in [0, 0.05) is 0 Å². The topological polar surface area (TPSA) is 20.2 Å². The second kappa shape index (κ2) is 7.24. The van der Waals surface area contributed by atoms with Gasteiger partial charge in [-0.1, -0.05) is 56.2 Å². The first-order valence-corrected chi connectivity index (χ1v) is 6.18. The molecule has 0 aliphatic rings. The lowest BCUT2D eigenvalue weighted by Gasteiger charge is -2.09. The zero-order valence-corrected chi connectivity index (χ0v) is 10.3. The fraction of sp³-hybridized carbons (Fsp3) is 0.467. The SMILES string of the molecule is CCCCC/C(=C/C(C)O)c1ccccc1. The molecule has 0 fully saturated rings. The summed E-state index contributed by atoms with van der Waals surface area (Å²) < 4.78 is 0. The lowest BCUT2D eigenvalue weighted by molar-refractivity contribution is 0.244. The van der Waals surface area contributed by atoms with E-state index in [1.165, 1.54) is 30.4 Å². The molecule has 0 aliphatic heterocycles. The average molecular weight is 218 g/mol. The highest BCUT2D eigenvalue weighted by Gasteiger charge is 2.02. The van der Waals surface area contributed by atoms with Gasteiger partial charge in [-0.3, -0.25) is 0 Å². The van der Waals surface area contributed by atoms with Crippen molar-refractivity contribution in [1.82, 2.24) is 0 Å². The molecule has 0 aromatic heterocycles. The van der Waals surface area contributed by atoms with Gasteiger partial charge < -0.3 is 5.11 Å². The number of unbranched alkanes of at least 4 members (excludes halogenated alkanes) is 2. The van der Waals surface area contributed by atoms with E-state index in [2.05, 4.69) is 19.1 Å². The third-order valence-electron chi connectivity index (χ3n) is 2.64. The number of aliphatic hydroxyl groups excluding tert-OH is 1. The predicted molar refractivity (Wildman–Crippen MR) is 70.2 cm³/mol. The van der Waals surface area contributed by atoms with Crippen molar-refractivity contribution >= 4 is 5.57 Å². The lowest BCUT2D eigenvalue weighted by Crippen LogP contribution is -1.96. The van der Waals surface area contributed by atoms with Gasteiger partial charge in [-0.2, -0.15) is 0 Å². The van der Waals surface area contributed by atoms with E-state index in [0.29, 0.717) is 0 Å². The van der Waals surface area contributed by atoms with Gasteiger partial charge in [0.15, 0.2) is 0 Å². The smallest absolute Gasteiger partial charge is 0.0698 e. The van der Waals surface area contributed by atoms with Crippen LogP contribution in [-0.4, -0.2) is 11.2 Å². The number of hydrogen-bond donors (Lipinski definition) is 1. The van der Waals surface area contributed by atoms with Crippen molar-refractivity contribution in [2.45, 2.75) is 45.6 Å². The van der Waals surface area contributed by atoms with E-state index < -0.39 is 0 Å². The van der Waals surface area contributed by atoms with Crippen LogP contribution >= 0.6 is 0 Å². The zero-order valence-electron chi connectivity index (χ0n) is 10.3. The Kier molecular flexibility index (Phi) is 5.87. The number of allylic oxidation sites excluding steroid dienone is 1. The molecule has 1 atom stereocenters. The second-order valence-corrected chi connectivity index (χ2v) is 4.26. The van der Waals surface area contributed by atoms with Crippen LogP contribution in [0.3, 0.4) is 0 Å². The molecule has 88 valence electrons. The Hall–Kier alpha value is -1.08. The Labute approximate surface area is 98.8 Å². The molecule has 1 rings (SSSR count). The Morgan fingerprint density at radius 1 is 1.25 bits per heavy atom. The Bertz CT molecular complexity index is 311. The molecule has 1 nitrogen and oxygen atoms in total. The van der Waals surface area contributed by atoms with Gasteiger partial charge >= 0.3 is 0 Å². The summed E-state index contributed by atoms with van der Waals surface area (Å²) in [5.41, 5.74) is 2.50. The van der Waals surface area contributed by atoms with Crippen LogP contribution in [0.15, 0.2) is 36.4 Å². The molecule has 16 heavy (non-hydrogen) atoms. The molecule has 0 bridgehead atoms. The van der Waals surface area contributed by atoms with Gasteiger partial charge in [-0.25, -0.2) is 0 Å². The van der Waals surface area contributed by atoms with E-state index in [4.69, 9.17) is 0 Å². The van der Waals surface area contributed by atoms with E-state index in [-0.39, 0.29) is 6.10 Å². The van der Waals surface area contributed by atoms with Gasteiger partial charge in [0.05, 0.1) is 6.10 Å². The molecule has 1 heteroatoms. The predicted octanol–water partition coefficient (Wildman–Crippen LogP) is 4.03.